The fourth-order valence-electron chi connectivity index (χ4n) is 3.34. The summed E-state index contributed by atoms with van der Waals surface area (Å²) in [6.45, 7) is 0. The van der Waals surface area contributed by atoms with Gasteiger partial charge in [-0.3, -0.25) is 10.1 Å². The summed E-state index contributed by atoms with van der Waals surface area (Å²) < 4.78 is 30.6. The Kier molecular flexibility index (Phi) is 4.62. The van der Waals surface area contributed by atoms with E-state index in [0.717, 1.165) is 31.4 Å². The van der Waals surface area contributed by atoms with Gasteiger partial charge in [-0.15, -0.1) is 0 Å². The van der Waals surface area contributed by atoms with Gasteiger partial charge in [0, 0.05) is 23.7 Å². The lowest BCUT2D eigenvalue weighted by Gasteiger charge is -2.27. The Bertz CT molecular complexity index is 1200. The van der Waals surface area contributed by atoms with Crippen LogP contribution in [0.3, 0.4) is 0 Å². The summed E-state index contributed by atoms with van der Waals surface area (Å²) in [5.74, 6) is 0.528. The molecular formula is C21H22N4O4S. The van der Waals surface area contributed by atoms with Crippen LogP contribution in [0.5, 0.6) is 5.75 Å². The van der Waals surface area contributed by atoms with Crippen molar-refractivity contribution in [1.82, 2.24) is 9.97 Å². The monoisotopic (exact) mass is 426 g/mol. The van der Waals surface area contributed by atoms with Gasteiger partial charge in [0.2, 0.25) is 11.9 Å². The fourth-order valence-corrected chi connectivity index (χ4v) is 4.27. The average molecular weight is 426 g/mol. The Morgan fingerprint density at radius 3 is 2.50 bits per heavy atom. The molecule has 0 spiro atoms. The van der Waals surface area contributed by atoms with Crippen molar-refractivity contribution in [2.45, 2.75) is 43.0 Å². The minimum Gasteiger partial charge on any atom is -0.382 e. The van der Waals surface area contributed by atoms with Crippen molar-refractivity contribution in [2.24, 2.45) is 5.92 Å². The lowest BCUT2D eigenvalue weighted by atomic mass is 9.93. The Morgan fingerprint density at radius 2 is 1.83 bits per heavy atom. The molecule has 1 aromatic heterocycles. The van der Waals surface area contributed by atoms with Crippen LogP contribution in [0.4, 0.5) is 11.6 Å². The number of nitrogens with one attached hydrogen (secondary N) is 3. The molecule has 0 atom stereocenters. The third-order valence-electron chi connectivity index (χ3n) is 5.47. The lowest BCUT2D eigenvalue weighted by molar-refractivity contribution is -0.117. The van der Waals surface area contributed by atoms with Crippen LogP contribution in [0, 0.1) is 5.92 Å². The number of amides is 1. The minimum absolute atomic E-state index is 0.0525. The maximum Gasteiger partial charge on any atom is 0.339 e. The zero-order valence-electron chi connectivity index (χ0n) is 16.2. The number of hydrogen-bond donors (Lipinski definition) is 3. The molecule has 2 fully saturated rings. The molecule has 8 nitrogen and oxygen atoms in total. The number of H-pyrrole nitrogens is 1. The van der Waals surface area contributed by atoms with Crippen LogP contribution in [-0.4, -0.2) is 30.3 Å². The van der Waals surface area contributed by atoms with Crippen molar-refractivity contribution >= 4 is 38.7 Å². The van der Waals surface area contributed by atoms with E-state index in [1.54, 1.807) is 30.3 Å². The summed E-state index contributed by atoms with van der Waals surface area (Å²) >= 11 is 0. The SMILES string of the molecule is O=C(Nc1nc2ccc(OS(=O)(=O)c3ccc(NC4CCC4)cc3)cc2[nH]1)C1CC1. The molecule has 0 aliphatic heterocycles. The maximum atomic E-state index is 12.6. The van der Waals surface area contributed by atoms with Crippen molar-refractivity contribution in [3.8, 4) is 5.75 Å². The van der Waals surface area contributed by atoms with E-state index in [4.69, 9.17) is 4.18 Å². The first kappa shape index (κ1) is 18.9. The van der Waals surface area contributed by atoms with Gasteiger partial charge in [0.05, 0.1) is 11.0 Å². The highest BCUT2D eigenvalue weighted by Crippen LogP contribution is 2.30. The van der Waals surface area contributed by atoms with E-state index in [9.17, 15) is 13.2 Å². The first-order valence-electron chi connectivity index (χ1n) is 10.1. The summed E-state index contributed by atoms with van der Waals surface area (Å²) in [4.78, 5) is 19.3. The van der Waals surface area contributed by atoms with Gasteiger partial charge in [-0.05, 0) is 68.5 Å². The molecule has 0 saturated heterocycles. The number of carbonyl (C=O) groups excluding carboxylic acids is 1. The predicted octanol–water partition coefficient (Wildman–Crippen LogP) is 3.64. The van der Waals surface area contributed by atoms with Crippen molar-refractivity contribution in [3.63, 3.8) is 0 Å². The molecule has 30 heavy (non-hydrogen) atoms. The Hall–Kier alpha value is -3.07. The van der Waals surface area contributed by atoms with Crippen molar-refractivity contribution in [1.29, 1.82) is 0 Å². The summed E-state index contributed by atoms with van der Waals surface area (Å²) in [5, 5.41) is 6.12. The highest BCUT2D eigenvalue weighted by atomic mass is 32.2. The van der Waals surface area contributed by atoms with Crippen LogP contribution in [0.2, 0.25) is 0 Å². The van der Waals surface area contributed by atoms with Crippen molar-refractivity contribution in [2.75, 3.05) is 10.6 Å². The van der Waals surface area contributed by atoms with Crippen LogP contribution < -0.4 is 14.8 Å². The highest BCUT2D eigenvalue weighted by molar-refractivity contribution is 7.87. The van der Waals surface area contributed by atoms with E-state index in [0.29, 0.717) is 23.0 Å². The van der Waals surface area contributed by atoms with Gasteiger partial charge in [0.15, 0.2) is 0 Å². The number of anilines is 2. The molecule has 3 N–H and O–H groups in total. The van der Waals surface area contributed by atoms with Gasteiger partial charge in [-0.2, -0.15) is 8.42 Å². The summed E-state index contributed by atoms with van der Waals surface area (Å²) in [5.41, 5.74) is 2.09. The third-order valence-corrected chi connectivity index (χ3v) is 6.73. The molecular weight excluding hydrogens is 404 g/mol. The molecule has 1 amide bonds. The van der Waals surface area contributed by atoms with Gasteiger partial charge < -0.3 is 14.5 Å². The number of imidazole rings is 1. The van der Waals surface area contributed by atoms with Crippen LogP contribution in [0.1, 0.15) is 32.1 Å². The molecule has 2 aliphatic rings. The Balaban J connectivity index is 1.30. The normalized spacial score (nSPS) is 16.8. The number of nitrogens with zero attached hydrogens (tertiary/aromatic N) is 1. The van der Waals surface area contributed by atoms with Crippen LogP contribution in [0.25, 0.3) is 11.0 Å². The van der Waals surface area contributed by atoms with Gasteiger partial charge in [-0.25, -0.2) is 4.98 Å². The number of rotatable bonds is 7. The van der Waals surface area contributed by atoms with Gasteiger partial charge >= 0.3 is 10.1 Å². The van der Waals surface area contributed by atoms with E-state index in [2.05, 4.69) is 20.6 Å². The van der Waals surface area contributed by atoms with Gasteiger partial charge in [0.25, 0.3) is 0 Å². The number of aromatic amines is 1. The van der Waals surface area contributed by atoms with E-state index in [1.165, 1.54) is 18.6 Å². The van der Waals surface area contributed by atoms with Gasteiger partial charge in [0.1, 0.15) is 10.6 Å². The topological polar surface area (TPSA) is 113 Å². The smallest absolute Gasteiger partial charge is 0.339 e. The zero-order valence-corrected chi connectivity index (χ0v) is 17.0. The first-order chi connectivity index (χ1) is 14.5. The first-order valence-corrected chi connectivity index (χ1v) is 11.5. The minimum atomic E-state index is -3.97. The second kappa shape index (κ2) is 7.32. The van der Waals surface area contributed by atoms with Crippen LogP contribution >= 0.6 is 0 Å². The molecule has 0 radical (unpaired) electrons. The highest BCUT2D eigenvalue weighted by Gasteiger charge is 2.30. The molecule has 0 bridgehead atoms. The Labute approximate surface area is 174 Å². The summed E-state index contributed by atoms with van der Waals surface area (Å²) in [7, 11) is -3.97. The van der Waals surface area contributed by atoms with E-state index in [1.807, 2.05) is 0 Å². The van der Waals surface area contributed by atoms with Gasteiger partial charge in [-0.1, -0.05) is 0 Å². The van der Waals surface area contributed by atoms with Crippen LogP contribution in [-0.2, 0) is 14.9 Å². The molecule has 2 saturated carbocycles. The largest absolute Gasteiger partial charge is 0.382 e. The number of benzene rings is 2. The number of hydrogen-bond acceptors (Lipinski definition) is 6. The maximum absolute atomic E-state index is 12.6. The van der Waals surface area contributed by atoms with E-state index >= 15 is 0 Å². The van der Waals surface area contributed by atoms with Crippen molar-refractivity contribution in [3.05, 3.63) is 42.5 Å². The second-order valence-corrected chi connectivity index (χ2v) is 9.41. The average Bonchev–Trinajstić information content (AvgIpc) is 3.46. The number of fused-ring (bicyclic) bond motifs is 1. The molecule has 0 unspecified atom stereocenters. The number of carbonyl (C=O) groups is 1. The second-order valence-electron chi connectivity index (χ2n) is 7.86. The molecule has 2 aromatic carbocycles. The predicted molar refractivity (Wildman–Crippen MR) is 113 cm³/mol. The summed E-state index contributed by atoms with van der Waals surface area (Å²) in [6, 6.07) is 11.8. The zero-order chi connectivity index (χ0) is 20.7. The molecule has 3 aromatic rings. The molecule has 9 heteroatoms. The van der Waals surface area contributed by atoms with E-state index in [-0.39, 0.29) is 22.5 Å². The van der Waals surface area contributed by atoms with Crippen molar-refractivity contribution < 1.29 is 17.4 Å². The number of aromatic nitrogens is 2. The Morgan fingerprint density at radius 1 is 1.07 bits per heavy atom. The lowest BCUT2D eigenvalue weighted by Crippen LogP contribution is -2.26. The van der Waals surface area contributed by atoms with E-state index < -0.39 is 10.1 Å². The third kappa shape index (κ3) is 3.97. The standard InChI is InChI=1S/C21H22N4O4S/c26-20(13-4-5-13)25-21-23-18-11-8-16(12-19(18)24-21)29-30(27,28)17-9-6-15(7-10-17)22-14-2-1-3-14/h6-14,22H,1-5H2,(H2,23,24,25,26). The fraction of sp³-hybridized carbons (Fsp3) is 0.333. The molecule has 2 aliphatic carbocycles. The molecule has 5 rings (SSSR count). The quantitative estimate of drug-likeness (QED) is 0.497. The molecule has 1 heterocycles. The summed E-state index contributed by atoms with van der Waals surface area (Å²) in [6.07, 6.45) is 5.32. The van der Waals surface area contributed by atoms with Crippen LogP contribution in [0.15, 0.2) is 47.4 Å². The molecule has 156 valence electrons.